The second-order valence-electron chi connectivity index (χ2n) is 4.08. The van der Waals surface area contributed by atoms with Crippen LogP contribution in [0.3, 0.4) is 0 Å². The summed E-state index contributed by atoms with van der Waals surface area (Å²) in [4.78, 5) is 20.8. The van der Waals surface area contributed by atoms with Crippen LogP contribution in [-0.2, 0) is 13.0 Å². The van der Waals surface area contributed by atoms with E-state index in [1.54, 1.807) is 30.5 Å². The van der Waals surface area contributed by atoms with Crippen molar-refractivity contribution in [2.24, 2.45) is 0 Å². The SMILES string of the molecule is CCc1cnc(CNc2nccc(C)c2C(=O)O)s1. The molecule has 6 heteroatoms. The van der Waals surface area contributed by atoms with E-state index in [1.165, 1.54) is 4.88 Å². The molecular weight excluding hydrogens is 262 g/mol. The zero-order valence-corrected chi connectivity index (χ0v) is 11.6. The molecule has 0 unspecified atom stereocenters. The molecule has 0 saturated heterocycles. The maximum absolute atomic E-state index is 11.2. The molecule has 2 rings (SSSR count). The molecule has 0 spiro atoms. The van der Waals surface area contributed by atoms with Crippen LogP contribution in [0.2, 0.25) is 0 Å². The number of aryl methyl sites for hydroxylation is 2. The summed E-state index contributed by atoms with van der Waals surface area (Å²) in [6.07, 6.45) is 4.41. The molecule has 0 aromatic carbocycles. The molecule has 0 saturated carbocycles. The van der Waals surface area contributed by atoms with Crippen LogP contribution < -0.4 is 5.32 Å². The molecule has 0 atom stereocenters. The van der Waals surface area contributed by atoms with Crippen molar-refractivity contribution in [1.29, 1.82) is 0 Å². The predicted octanol–water partition coefficient (Wildman–Crippen LogP) is 2.72. The number of aromatic nitrogens is 2. The first-order valence-electron chi connectivity index (χ1n) is 5.98. The highest BCUT2D eigenvalue weighted by atomic mass is 32.1. The van der Waals surface area contributed by atoms with Gasteiger partial charge >= 0.3 is 5.97 Å². The summed E-state index contributed by atoms with van der Waals surface area (Å²) in [5.41, 5.74) is 0.910. The van der Waals surface area contributed by atoms with Gasteiger partial charge in [-0.25, -0.2) is 14.8 Å². The van der Waals surface area contributed by atoms with Gasteiger partial charge in [0, 0.05) is 17.3 Å². The average Bonchev–Trinajstić information content (AvgIpc) is 2.83. The number of thiazole rings is 1. The summed E-state index contributed by atoms with van der Waals surface area (Å²) < 4.78 is 0. The fourth-order valence-electron chi connectivity index (χ4n) is 1.71. The maximum Gasteiger partial charge on any atom is 0.339 e. The smallest absolute Gasteiger partial charge is 0.339 e. The lowest BCUT2D eigenvalue weighted by Gasteiger charge is -2.08. The Morgan fingerprint density at radius 2 is 2.26 bits per heavy atom. The minimum atomic E-state index is -0.971. The Bertz CT molecular complexity index is 595. The van der Waals surface area contributed by atoms with Crippen molar-refractivity contribution < 1.29 is 9.90 Å². The van der Waals surface area contributed by atoms with Gasteiger partial charge in [0.15, 0.2) is 0 Å². The summed E-state index contributed by atoms with van der Waals surface area (Å²) in [5.74, 6) is -0.581. The monoisotopic (exact) mass is 277 g/mol. The van der Waals surface area contributed by atoms with Gasteiger partial charge < -0.3 is 10.4 Å². The van der Waals surface area contributed by atoms with Crippen molar-refractivity contribution in [3.8, 4) is 0 Å². The zero-order chi connectivity index (χ0) is 13.8. The molecule has 0 aliphatic rings. The number of nitrogens with zero attached hydrogens (tertiary/aromatic N) is 2. The molecule has 0 radical (unpaired) electrons. The number of anilines is 1. The van der Waals surface area contributed by atoms with E-state index in [0.717, 1.165) is 11.4 Å². The highest BCUT2D eigenvalue weighted by Crippen LogP contribution is 2.19. The van der Waals surface area contributed by atoms with Crippen LogP contribution in [0.1, 0.15) is 32.7 Å². The van der Waals surface area contributed by atoms with Gasteiger partial charge in [0.05, 0.1) is 6.54 Å². The van der Waals surface area contributed by atoms with Gasteiger partial charge in [-0.15, -0.1) is 11.3 Å². The fraction of sp³-hybridized carbons (Fsp3) is 0.308. The number of pyridine rings is 1. The minimum absolute atomic E-state index is 0.217. The van der Waals surface area contributed by atoms with E-state index in [4.69, 9.17) is 0 Å². The number of carboxylic acids is 1. The van der Waals surface area contributed by atoms with E-state index in [2.05, 4.69) is 22.2 Å². The predicted molar refractivity (Wildman–Crippen MR) is 74.8 cm³/mol. The lowest BCUT2D eigenvalue weighted by molar-refractivity contribution is 0.0697. The van der Waals surface area contributed by atoms with Gasteiger partial charge in [-0.2, -0.15) is 0 Å². The third-order valence-electron chi connectivity index (χ3n) is 2.73. The van der Waals surface area contributed by atoms with Crippen molar-refractivity contribution >= 4 is 23.1 Å². The summed E-state index contributed by atoms with van der Waals surface area (Å²) in [6.45, 7) is 4.33. The molecule has 2 heterocycles. The molecule has 0 bridgehead atoms. The first-order chi connectivity index (χ1) is 9.11. The molecule has 2 aromatic heterocycles. The van der Waals surface area contributed by atoms with E-state index in [1.807, 2.05) is 6.20 Å². The Morgan fingerprint density at radius 1 is 1.47 bits per heavy atom. The van der Waals surface area contributed by atoms with Crippen LogP contribution in [-0.4, -0.2) is 21.0 Å². The van der Waals surface area contributed by atoms with E-state index >= 15 is 0 Å². The zero-order valence-electron chi connectivity index (χ0n) is 10.8. The van der Waals surface area contributed by atoms with Crippen molar-refractivity contribution in [2.45, 2.75) is 26.8 Å². The van der Waals surface area contributed by atoms with Crippen molar-refractivity contribution in [3.05, 3.63) is 39.5 Å². The number of aromatic carboxylic acids is 1. The summed E-state index contributed by atoms with van der Waals surface area (Å²) in [7, 11) is 0. The molecule has 5 nitrogen and oxygen atoms in total. The lowest BCUT2D eigenvalue weighted by Crippen LogP contribution is -2.09. The lowest BCUT2D eigenvalue weighted by atomic mass is 10.1. The maximum atomic E-state index is 11.2. The fourth-order valence-corrected chi connectivity index (χ4v) is 2.52. The molecule has 2 N–H and O–H groups in total. The van der Waals surface area contributed by atoms with Crippen LogP contribution in [0.25, 0.3) is 0 Å². The van der Waals surface area contributed by atoms with Crippen LogP contribution in [0.5, 0.6) is 0 Å². The Morgan fingerprint density at radius 3 is 2.89 bits per heavy atom. The van der Waals surface area contributed by atoms with E-state index in [-0.39, 0.29) is 5.56 Å². The summed E-state index contributed by atoms with van der Waals surface area (Å²) in [5, 5.41) is 13.2. The number of hydrogen-bond donors (Lipinski definition) is 2. The van der Waals surface area contributed by atoms with Crippen LogP contribution >= 0.6 is 11.3 Å². The minimum Gasteiger partial charge on any atom is -0.478 e. The number of carboxylic acid groups (broad SMARTS) is 1. The van der Waals surface area contributed by atoms with Crippen molar-refractivity contribution in [1.82, 2.24) is 9.97 Å². The number of hydrogen-bond acceptors (Lipinski definition) is 5. The number of carbonyl (C=O) groups is 1. The largest absolute Gasteiger partial charge is 0.478 e. The first-order valence-corrected chi connectivity index (χ1v) is 6.79. The average molecular weight is 277 g/mol. The standard InChI is InChI=1S/C13H15N3O2S/c1-3-9-6-15-10(19-9)7-16-12-11(13(17)18)8(2)4-5-14-12/h4-6H,3,7H2,1-2H3,(H,14,16)(H,17,18). The van der Waals surface area contributed by atoms with Gasteiger partial charge in [-0.3, -0.25) is 0 Å². The molecule has 0 aliphatic carbocycles. The van der Waals surface area contributed by atoms with Gasteiger partial charge in [0.2, 0.25) is 0 Å². The van der Waals surface area contributed by atoms with Gasteiger partial charge in [-0.05, 0) is 25.0 Å². The topological polar surface area (TPSA) is 75.1 Å². The van der Waals surface area contributed by atoms with Crippen molar-refractivity contribution in [2.75, 3.05) is 5.32 Å². The quantitative estimate of drug-likeness (QED) is 0.879. The third kappa shape index (κ3) is 3.08. The molecule has 2 aromatic rings. The number of nitrogens with one attached hydrogen (secondary N) is 1. The Labute approximate surface area is 115 Å². The summed E-state index contributed by atoms with van der Waals surface area (Å²) >= 11 is 1.62. The van der Waals surface area contributed by atoms with Gasteiger partial charge in [0.1, 0.15) is 16.4 Å². The van der Waals surface area contributed by atoms with Crippen molar-refractivity contribution in [3.63, 3.8) is 0 Å². The van der Waals surface area contributed by atoms with Crippen LogP contribution in [0.15, 0.2) is 18.5 Å². The van der Waals surface area contributed by atoms with Gasteiger partial charge in [0.25, 0.3) is 0 Å². The second-order valence-corrected chi connectivity index (χ2v) is 5.28. The Balaban J connectivity index is 2.15. The Kier molecular flexibility index (Phi) is 4.11. The molecule has 0 amide bonds. The highest BCUT2D eigenvalue weighted by Gasteiger charge is 2.14. The van der Waals surface area contributed by atoms with E-state index in [9.17, 15) is 9.90 Å². The highest BCUT2D eigenvalue weighted by molar-refractivity contribution is 7.11. The van der Waals surface area contributed by atoms with E-state index < -0.39 is 5.97 Å². The van der Waals surface area contributed by atoms with E-state index in [0.29, 0.717) is 17.9 Å². The third-order valence-corrected chi connectivity index (χ3v) is 3.87. The normalized spacial score (nSPS) is 10.4. The molecule has 19 heavy (non-hydrogen) atoms. The molecule has 100 valence electrons. The first kappa shape index (κ1) is 13.5. The van der Waals surface area contributed by atoms with Gasteiger partial charge in [-0.1, -0.05) is 6.92 Å². The Hall–Kier alpha value is -1.95. The molecular formula is C13H15N3O2S. The summed E-state index contributed by atoms with van der Waals surface area (Å²) in [6, 6.07) is 1.69. The van der Waals surface area contributed by atoms with Crippen LogP contribution in [0.4, 0.5) is 5.82 Å². The molecule has 0 fully saturated rings. The number of rotatable bonds is 5. The second kappa shape index (κ2) is 5.79. The van der Waals surface area contributed by atoms with Crippen LogP contribution in [0, 0.1) is 6.92 Å². The molecule has 0 aliphatic heterocycles.